The van der Waals surface area contributed by atoms with Crippen molar-refractivity contribution >= 4 is 11.6 Å². The van der Waals surface area contributed by atoms with E-state index in [1.165, 1.54) is 5.56 Å². The number of hydrogen-bond acceptors (Lipinski definition) is 4. The lowest BCUT2D eigenvalue weighted by Crippen LogP contribution is -2.48. The summed E-state index contributed by atoms with van der Waals surface area (Å²) in [6, 6.07) is 30.6. The van der Waals surface area contributed by atoms with Gasteiger partial charge < -0.3 is 14.0 Å². The number of piperazine rings is 1. The number of aryl methyl sites for hydroxylation is 1. The van der Waals surface area contributed by atoms with Gasteiger partial charge in [-0.15, -0.1) is 0 Å². The molecule has 0 spiro atoms. The Bertz CT molecular complexity index is 1620. The van der Waals surface area contributed by atoms with Crippen LogP contribution < -0.4 is 4.74 Å². The van der Waals surface area contributed by atoms with Crippen molar-refractivity contribution in [1.29, 1.82) is 0 Å². The fourth-order valence-corrected chi connectivity index (χ4v) is 5.37. The van der Waals surface area contributed by atoms with E-state index >= 15 is 0 Å². The second-order valence-corrected chi connectivity index (χ2v) is 10.3. The molecule has 3 aromatic carbocycles. The first-order chi connectivity index (χ1) is 19.6. The van der Waals surface area contributed by atoms with Gasteiger partial charge in [-0.2, -0.15) is 0 Å². The third-order valence-corrected chi connectivity index (χ3v) is 7.57. The molecule has 0 unspecified atom stereocenters. The van der Waals surface area contributed by atoms with E-state index in [-0.39, 0.29) is 5.91 Å². The summed E-state index contributed by atoms with van der Waals surface area (Å²) in [5, 5.41) is 0. The quantitative estimate of drug-likeness (QED) is 0.247. The second-order valence-electron chi connectivity index (χ2n) is 10.3. The molecule has 3 heterocycles. The fraction of sp³-hybridized carbons (Fsp3) is 0.235. The summed E-state index contributed by atoms with van der Waals surface area (Å²) in [5.41, 5.74) is 8.40. The molecule has 40 heavy (non-hydrogen) atoms. The Balaban J connectivity index is 1.31. The number of aromatic nitrogens is 2. The smallest absolute Gasteiger partial charge is 0.253 e. The zero-order chi connectivity index (χ0) is 27.5. The topological polar surface area (TPSA) is 50.1 Å². The van der Waals surface area contributed by atoms with E-state index in [1.807, 2.05) is 54.3 Å². The van der Waals surface area contributed by atoms with Crippen molar-refractivity contribution in [3.05, 3.63) is 114 Å². The van der Waals surface area contributed by atoms with E-state index < -0.39 is 0 Å². The highest BCUT2D eigenvalue weighted by Crippen LogP contribution is 2.30. The molecule has 202 valence electrons. The molecular weight excluding hydrogens is 496 g/mol. The molecule has 1 aliphatic rings. The summed E-state index contributed by atoms with van der Waals surface area (Å²) < 4.78 is 7.99. The number of carbonyl (C=O) groups excluding carboxylic acids is 1. The first kappa shape index (κ1) is 25.8. The minimum Gasteiger partial charge on any atom is -0.494 e. The van der Waals surface area contributed by atoms with E-state index in [1.54, 1.807) is 0 Å². The summed E-state index contributed by atoms with van der Waals surface area (Å²) in [6.07, 6.45) is 2.19. The fourth-order valence-electron chi connectivity index (χ4n) is 5.37. The average molecular weight is 531 g/mol. The van der Waals surface area contributed by atoms with Crippen LogP contribution in [0.3, 0.4) is 0 Å². The molecule has 0 saturated carbocycles. The normalized spacial score (nSPS) is 14.0. The maximum absolute atomic E-state index is 13.0. The van der Waals surface area contributed by atoms with Crippen LogP contribution in [0.15, 0.2) is 97.2 Å². The number of pyridine rings is 1. The van der Waals surface area contributed by atoms with E-state index in [4.69, 9.17) is 9.72 Å². The predicted octanol–water partition coefficient (Wildman–Crippen LogP) is 6.33. The number of amides is 1. The molecule has 0 aliphatic carbocycles. The van der Waals surface area contributed by atoms with Crippen LogP contribution in [0, 0.1) is 6.92 Å². The maximum Gasteiger partial charge on any atom is 0.253 e. The summed E-state index contributed by atoms with van der Waals surface area (Å²) in [7, 11) is 0. The van der Waals surface area contributed by atoms with Crippen molar-refractivity contribution < 1.29 is 9.53 Å². The monoisotopic (exact) mass is 530 g/mol. The molecule has 0 bridgehead atoms. The van der Waals surface area contributed by atoms with Gasteiger partial charge in [0.1, 0.15) is 11.4 Å². The van der Waals surface area contributed by atoms with Crippen LogP contribution in [-0.4, -0.2) is 57.9 Å². The summed E-state index contributed by atoms with van der Waals surface area (Å²) in [4.78, 5) is 22.5. The van der Waals surface area contributed by atoms with Gasteiger partial charge in [-0.05, 0) is 61.4 Å². The molecule has 2 aromatic heterocycles. The van der Waals surface area contributed by atoms with Crippen molar-refractivity contribution in [2.75, 3.05) is 32.8 Å². The van der Waals surface area contributed by atoms with Crippen LogP contribution in [0.1, 0.15) is 28.5 Å². The number of imidazole rings is 1. The van der Waals surface area contributed by atoms with Gasteiger partial charge in [-0.25, -0.2) is 4.98 Å². The summed E-state index contributed by atoms with van der Waals surface area (Å²) in [6.45, 7) is 8.54. The Kier molecular flexibility index (Phi) is 7.34. The SMILES string of the molecule is CCOc1cccc(-c2ccc3nc(-c4ccc(C)cc4)c(CN4CCN(C(=O)c5ccccc5)CC4)n3c2)c1. The van der Waals surface area contributed by atoms with Crippen molar-refractivity contribution in [2.24, 2.45) is 0 Å². The van der Waals surface area contributed by atoms with Gasteiger partial charge in [-0.3, -0.25) is 9.69 Å². The number of hydrogen-bond donors (Lipinski definition) is 0. The largest absolute Gasteiger partial charge is 0.494 e. The van der Waals surface area contributed by atoms with Gasteiger partial charge in [-0.1, -0.05) is 60.2 Å². The van der Waals surface area contributed by atoms with Crippen LogP contribution >= 0.6 is 0 Å². The van der Waals surface area contributed by atoms with Gasteiger partial charge in [0, 0.05) is 50.0 Å². The number of benzene rings is 3. The molecule has 6 heteroatoms. The van der Waals surface area contributed by atoms with Crippen LogP contribution in [-0.2, 0) is 6.54 Å². The standard InChI is InChI=1S/C34H34N4O2/c1-3-40-30-11-7-10-28(22-30)29-16-17-32-35-33(26-14-12-25(2)13-15-26)31(38(32)23-29)24-36-18-20-37(21-19-36)34(39)27-8-5-4-6-9-27/h4-17,22-23H,3,18-21,24H2,1-2H3. The molecule has 1 amide bonds. The molecule has 0 radical (unpaired) electrons. The maximum atomic E-state index is 13.0. The van der Waals surface area contributed by atoms with E-state index in [2.05, 4.69) is 71.0 Å². The highest BCUT2D eigenvalue weighted by atomic mass is 16.5. The second kappa shape index (κ2) is 11.4. The minimum absolute atomic E-state index is 0.106. The lowest BCUT2D eigenvalue weighted by molar-refractivity contribution is 0.0627. The number of ether oxygens (including phenoxy) is 1. The first-order valence-electron chi connectivity index (χ1n) is 14.0. The van der Waals surface area contributed by atoms with Crippen LogP contribution in [0.4, 0.5) is 0 Å². The summed E-state index contributed by atoms with van der Waals surface area (Å²) >= 11 is 0. The lowest BCUT2D eigenvalue weighted by atomic mass is 10.1. The average Bonchev–Trinajstić information content (AvgIpc) is 3.35. The van der Waals surface area contributed by atoms with Gasteiger partial charge in [0.25, 0.3) is 5.91 Å². The zero-order valence-corrected chi connectivity index (χ0v) is 23.1. The van der Waals surface area contributed by atoms with Gasteiger partial charge >= 0.3 is 0 Å². The minimum atomic E-state index is 0.106. The van der Waals surface area contributed by atoms with Crippen molar-refractivity contribution in [1.82, 2.24) is 19.2 Å². The van der Waals surface area contributed by atoms with Crippen molar-refractivity contribution in [3.8, 4) is 28.1 Å². The van der Waals surface area contributed by atoms with Crippen molar-refractivity contribution in [2.45, 2.75) is 20.4 Å². The molecular formula is C34H34N4O2. The highest BCUT2D eigenvalue weighted by molar-refractivity contribution is 5.94. The Morgan fingerprint density at radius 3 is 2.33 bits per heavy atom. The molecule has 1 saturated heterocycles. The molecule has 6 nitrogen and oxygen atoms in total. The van der Waals surface area contributed by atoms with Crippen LogP contribution in [0.2, 0.25) is 0 Å². The molecule has 0 atom stereocenters. The Hall–Kier alpha value is -4.42. The predicted molar refractivity (Wildman–Crippen MR) is 160 cm³/mol. The molecule has 1 aliphatic heterocycles. The van der Waals surface area contributed by atoms with Crippen molar-refractivity contribution in [3.63, 3.8) is 0 Å². The molecule has 1 fully saturated rings. The molecule has 0 N–H and O–H groups in total. The van der Waals surface area contributed by atoms with E-state index in [9.17, 15) is 4.79 Å². The van der Waals surface area contributed by atoms with Crippen LogP contribution in [0.25, 0.3) is 28.0 Å². The Morgan fingerprint density at radius 1 is 0.825 bits per heavy atom. The highest BCUT2D eigenvalue weighted by Gasteiger charge is 2.24. The molecule has 6 rings (SSSR count). The Labute approximate surface area is 235 Å². The van der Waals surface area contributed by atoms with Gasteiger partial charge in [0.15, 0.2) is 0 Å². The number of carbonyl (C=O) groups is 1. The first-order valence-corrected chi connectivity index (χ1v) is 14.0. The van der Waals surface area contributed by atoms with Gasteiger partial charge in [0.05, 0.1) is 18.0 Å². The van der Waals surface area contributed by atoms with E-state index in [0.29, 0.717) is 19.7 Å². The summed E-state index contributed by atoms with van der Waals surface area (Å²) in [5.74, 6) is 0.975. The zero-order valence-electron chi connectivity index (χ0n) is 23.1. The molecule has 5 aromatic rings. The van der Waals surface area contributed by atoms with Crippen LogP contribution in [0.5, 0.6) is 5.75 Å². The third-order valence-electron chi connectivity index (χ3n) is 7.57. The van der Waals surface area contributed by atoms with Gasteiger partial charge in [0.2, 0.25) is 0 Å². The lowest BCUT2D eigenvalue weighted by Gasteiger charge is -2.34. The number of fused-ring (bicyclic) bond motifs is 1. The third kappa shape index (κ3) is 5.36. The van der Waals surface area contributed by atoms with E-state index in [0.717, 1.165) is 64.7 Å². The number of nitrogens with zero attached hydrogens (tertiary/aromatic N) is 4. The number of rotatable bonds is 7. The Morgan fingerprint density at radius 2 is 1.57 bits per heavy atom.